The molecule has 0 aromatic heterocycles. The van der Waals surface area contributed by atoms with Crippen LogP contribution in [0.4, 0.5) is 5.69 Å². The van der Waals surface area contributed by atoms with Crippen LogP contribution in [0.1, 0.15) is 30.0 Å². The summed E-state index contributed by atoms with van der Waals surface area (Å²) in [6, 6.07) is 16.4. The van der Waals surface area contributed by atoms with Crippen LogP contribution in [0.5, 0.6) is 0 Å². The summed E-state index contributed by atoms with van der Waals surface area (Å²) >= 11 is 0. The van der Waals surface area contributed by atoms with E-state index in [1.165, 1.54) is 11.1 Å². The van der Waals surface area contributed by atoms with Gasteiger partial charge in [0.05, 0.1) is 11.8 Å². The van der Waals surface area contributed by atoms with Crippen LogP contribution >= 0.6 is 0 Å². The van der Waals surface area contributed by atoms with Gasteiger partial charge in [0.1, 0.15) is 0 Å². The summed E-state index contributed by atoms with van der Waals surface area (Å²) in [5, 5.41) is 2.98. The molecular formula is C22H24N2O2. The Morgan fingerprint density at radius 2 is 1.81 bits per heavy atom. The average molecular weight is 348 g/mol. The molecule has 26 heavy (non-hydrogen) atoms. The number of carbonyl (C=O) groups excluding carboxylic acids is 2. The van der Waals surface area contributed by atoms with Crippen LogP contribution in [0.15, 0.2) is 48.5 Å². The fourth-order valence-electron chi connectivity index (χ4n) is 3.86. The number of para-hydroxylation sites is 1. The molecule has 0 saturated heterocycles. The first-order valence-corrected chi connectivity index (χ1v) is 9.29. The Morgan fingerprint density at radius 3 is 2.58 bits per heavy atom. The Balaban J connectivity index is 1.36. The molecule has 1 fully saturated rings. The van der Waals surface area contributed by atoms with Crippen LogP contribution in [-0.4, -0.2) is 17.9 Å². The van der Waals surface area contributed by atoms with Gasteiger partial charge >= 0.3 is 0 Å². The second-order valence-corrected chi connectivity index (χ2v) is 7.54. The summed E-state index contributed by atoms with van der Waals surface area (Å²) < 4.78 is 0. The molecule has 0 radical (unpaired) electrons. The summed E-state index contributed by atoms with van der Waals surface area (Å²) in [6.07, 6.45) is 1.54. The van der Waals surface area contributed by atoms with Crippen LogP contribution in [-0.2, 0) is 22.6 Å². The number of nitrogens with zero attached hydrogens (tertiary/aromatic N) is 1. The summed E-state index contributed by atoms with van der Waals surface area (Å²) in [4.78, 5) is 27.3. The van der Waals surface area contributed by atoms with Gasteiger partial charge < -0.3 is 10.2 Å². The third-order valence-corrected chi connectivity index (χ3v) is 5.48. The van der Waals surface area contributed by atoms with E-state index in [0.29, 0.717) is 13.0 Å². The molecule has 1 aliphatic carbocycles. The Morgan fingerprint density at radius 1 is 1.08 bits per heavy atom. The normalized spacial score (nSPS) is 23.5. The predicted octanol–water partition coefficient (Wildman–Crippen LogP) is 3.23. The Hall–Kier alpha value is -2.62. The van der Waals surface area contributed by atoms with Crippen molar-refractivity contribution < 1.29 is 9.59 Å². The van der Waals surface area contributed by atoms with Crippen molar-refractivity contribution in [2.75, 3.05) is 4.90 Å². The molecule has 1 saturated carbocycles. The molecule has 2 aliphatic rings. The van der Waals surface area contributed by atoms with E-state index in [-0.39, 0.29) is 29.7 Å². The Labute approximate surface area is 154 Å². The van der Waals surface area contributed by atoms with Crippen LogP contribution in [0.3, 0.4) is 0 Å². The van der Waals surface area contributed by atoms with E-state index in [0.717, 1.165) is 17.7 Å². The van der Waals surface area contributed by atoms with Gasteiger partial charge in [-0.1, -0.05) is 48.0 Å². The lowest BCUT2D eigenvalue weighted by molar-refractivity contribution is -0.126. The maximum atomic E-state index is 13.0. The minimum atomic E-state index is -0.187. The molecule has 4 nitrogen and oxygen atoms in total. The third-order valence-electron chi connectivity index (χ3n) is 5.48. The second-order valence-electron chi connectivity index (χ2n) is 7.54. The Bertz CT molecular complexity index is 843. The van der Waals surface area contributed by atoms with Gasteiger partial charge in [0.25, 0.3) is 0 Å². The number of amides is 2. The van der Waals surface area contributed by atoms with E-state index in [4.69, 9.17) is 0 Å². The zero-order chi connectivity index (χ0) is 18.3. The first-order chi connectivity index (χ1) is 12.5. The Kier molecular flexibility index (Phi) is 4.27. The lowest BCUT2D eigenvalue weighted by atomic mass is 10.1. The number of benzene rings is 2. The monoisotopic (exact) mass is 348 g/mol. The lowest BCUT2D eigenvalue weighted by Gasteiger charge is -2.23. The number of hydrogen-bond acceptors (Lipinski definition) is 2. The number of nitrogens with one attached hydrogen (secondary N) is 1. The molecule has 2 aromatic carbocycles. The van der Waals surface area contributed by atoms with Gasteiger partial charge in [0.2, 0.25) is 11.8 Å². The first kappa shape index (κ1) is 16.8. The molecule has 3 atom stereocenters. The zero-order valence-corrected chi connectivity index (χ0v) is 15.2. The molecule has 0 bridgehead atoms. The van der Waals surface area contributed by atoms with Gasteiger partial charge in [-0.2, -0.15) is 0 Å². The van der Waals surface area contributed by atoms with Crippen molar-refractivity contribution in [2.24, 2.45) is 11.8 Å². The van der Waals surface area contributed by atoms with Crippen LogP contribution in [0.2, 0.25) is 0 Å². The van der Waals surface area contributed by atoms with E-state index in [1.54, 1.807) is 0 Å². The fourth-order valence-corrected chi connectivity index (χ4v) is 3.86. The molecule has 1 N–H and O–H groups in total. The average Bonchev–Trinajstić information content (AvgIpc) is 3.37. The van der Waals surface area contributed by atoms with Gasteiger partial charge in [0.15, 0.2) is 0 Å². The summed E-state index contributed by atoms with van der Waals surface area (Å²) in [7, 11) is 0. The van der Waals surface area contributed by atoms with Gasteiger partial charge in [-0.05, 0) is 43.9 Å². The van der Waals surface area contributed by atoms with Crippen molar-refractivity contribution in [2.45, 2.75) is 39.3 Å². The molecule has 2 aromatic rings. The lowest BCUT2D eigenvalue weighted by Crippen LogP contribution is -2.38. The highest BCUT2D eigenvalue weighted by molar-refractivity contribution is 6.02. The molecule has 4 rings (SSSR count). The van der Waals surface area contributed by atoms with Crippen molar-refractivity contribution in [3.8, 4) is 0 Å². The maximum Gasteiger partial charge on any atom is 0.231 e. The molecule has 1 heterocycles. The van der Waals surface area contributed by atoms with Crippen LogP contribution < -0.4 is 10.2 Å². The molecule has 134 valence electrons. The SMILES string of the molecule is Cc1ccc(CNC(=O)C2CC2C(=O)N2c3ccccc3CC2C)cc1. The highest BCUT2D eigenvalue weighted by Crippen LogP contribution is 2.43. The number of hydrogen-bond donors (Lipinski definition) is 1. The fraction of sp³-hybridized carbons (Fsp3) is 0.364. The van der Waals surface area contributed by atoms with E-state index in [1.807, 2.05) is 54.3 Å². The van der Waals surface area contributed by atoms with E-state index in [2.05, 4.69) is 18.3 Å². The predicted molar refractivity (Wildman–Crippen MR) is 102 cm³/mol. The van der Waals surface area contributed by atoms with Crippen LogP contribution in [0, 0.1) is 18.8 Å². The van der Waals surface area contributed by atoms with Crippen molar-refractivity contribution in [1.82, 2.24) is 5.32 Å². The number of anilines is 1. The summed E-state index contributed by atoms with van der Waals surface area (Å²) in [5.41, 5.74) is 4.51. The molecule has 1 aliphatic heterocycles. The van der Waals surface area contributed by atoms with Crippen molar-refractivity contribution in [3.05, 3.63) is 65.2 Å². The van der Waals surface area contributed by atoms with Crippen molar-refractivity contribution in [3.63, 3.8) is 0 Å². The van der Waals surface area contributed by atoms with Crippen molar-refractivity contribution >= 4 is 17.5 Å². The molecule has 4 heteroatoms. The van der Waals surface area contributed by atoms with Crippen molar-refractivity contribution in [1.29, 1.82) is 0 Å². The van der Waals surface area contributed by atoms with Gasteiger partial charge in [-0.15, -0.1) is 0 Å². The summed E-state index contributed by atoms with van der Waals surface area (Å²) in [5.74, 6) is -0.281. The molecule has 0 spiro atoms. The number of carbonyl (C=O) groups is 2. The molecule has 3 unspecified atom stereocenters. The second kappa shape index (κ2) is 6.60. The maximum absolute atomic E-state index is 13.0. The minimum absolute atomic E-state index is 0.0101. The highest BCUT2D eigenvalue weighted by atomic mass is 16.2. The zero-order valence-electron chi connectivity index (χ0n) is 15.2. The molecule has 2 amide bonds. The first-order valence-electron chi connectivity index (χ1n) is 9.29. The number of aryl methyl sites for hydroxylation is 1. The van der Waals surface area contributed by atoms with Gasteiger partial charge in [-0.25, -0.2) is 0 Å². The smallest absolute Gasteiger partial charge is 0.231 e. The van der Waals surface area contributed by atoms with Gasteiger partial charge in [-0.3, -0.25) is 9.59 Å². The highest BCUT2D eigenvalue weighted by Gasteiger charge is 2.51. The minimum Gasteiger partial charge on any atom is -0.352 e. The molecular weight excluding hydrogens is 324 g/mol. The van der Waals surface area contributed by atoms with E-state index < -0.39 is 0 Å². The van der Waals surface area contributed by atoms with Crippen LogP contribution in [0.25, 0.3) is 0 Å². The van der Waals surface area contributed by atoms with Gasteiger partial charge in [0, 0.05) is 18.3 Å². The topological polar surface area (TPSA) is 49.4 Å². The summed E-state index contributed by atoms with van der Waals surface area (Å²) in [6.45, 7) is 4.63. The quantitative estimate of drug-likeness (QED) is 0.922. The third kappa shape index (κ3) is 3.12. The number of fused-ring (bicyclic) bond motifs is 1. The van der Waals surface area contributed by atoms with E-state index >= 15 is 0 Å². The number of rotatable bonds is 4. The van der Waals surface area contributed by atoms with E-state index in [9.17, 15) is 9.59 Å². The largest absolute Gasteiger partial charge is 0.352 e. The standard InChI is InChI=1S/C22H24N2O2/c1-14-7-9-16(10-8-14)13-23-21(25)18-12-19(18)22(26)24-15(2)11-17-5-3-4-6-20(17)24/h3-10,15,18-19H,11-13H2,1-2H3,(H,23,25).